The number of hydrogen-bond acceptors (Lipinski definition) is 3. The number of halogens is 1. The molecule has 1 aliphatic rings. The van der Waals surface area contributed by atoms with Gasteiger partial charge in [-0.05, 0) is 37.1 Å². The van der Waals surface area contributed by atoms with Crippen LogP contribution in [-0.4, -0.2) is 20.9 Å². The van der Waals surface area contributed by atoms with Crippen molar-refractivity contribution in [3.63, 3.8) is 0 Å². The van der Waals surface area contributed by atoms with Crippen molar-refractivity contribution in [3.05, 3.63) is 23.8 Å². The van der Waals surface area contributed by atoms with Gasteiger partial charge < -0.3 is 4.90 Å². The zero-order chi connectivity index (χ0) is 11.9. The van der Waals surface area contributed by atoms with Gasteiger partial charge in [-0.3, -0.25) is 4.79 Å². The van der Waals surface area contributed by atoms with E-state index in [-0.39, 0.29) is 10.9 Å². The van der Waals surface area contributed by atoms with Gasteiger partial charge in [0.05, 0.1) is 4.90 Å². The van der Waals surface area contributed by atoms with Gasteiger partial charge in [-0.2, -0.15) is 0 Å². The highest BCUT2D eigenvalue weighted by Crippen LogP contribution is 2.33. The Hall–Kier alpha value is -1.07. The van der Waals surface area contributed by atoms with Crippen LogP contribution < -0.4 is 4.90 Å². The molecule has 4 nitrogen and oxygen atoms in total. The Morgan fingerprint density at radius 2 is 2.19 bits per heavy atom. The van der Waals surface area contributed by atoms with Crippen LogP contribution in [0.15, 0.2) is 23.1 Å². The van der Waals surface area contributed by atoms with Gasteiger partial charge in [-0.1, -0.05) is 0 Å². The summed E-state index contributed by atoms with van der Waals surface area (Å²) in [5, 5.41) is 0. The standard InChI is InChI=1S/C10H10ClNO3S/c1-7-4-8-5-9(16(11,14)15)2-3-10(8)12(7)6-13/h2-3,5-7H,4H2,1H3. The molecule has 0 saturated heterocycles. The molecule has 0 spiro atoms. The molecule has 1 unspecified atom stereocenters. The first-order valence-corrected chi connectivity index (χ1v) is 7.05. The number of anilines is 1. The molecule has 1 aromatic rings. The fourth-order valence-corrected chi connectivity index (χ4v) is 2.75. The molecular weight excluding hydrogens is 250 g/mol. The summed E-state index contributed by atoms with van der Waals surface area (Å²) in [6.45, 7) is 1.91. The lowest BCUT2D eigenvalue weighted by Crippen LogP contribution is -2.27. The monoisotopic (exact) mass is 259 g/mol. The van der Waals surface area contributed by atoms with Crippen molar-refractivity contribution in [1.29, 1.82) is 0 Å². The summed E-state index contributed by atoms with van der Waals surface area (Å²) < 4.78 is 22.3. The second kappa shape index (κ2) is 3.75. The number of rotatable bonds is 2. The van der Waals surface area contributed by atoms with Crippen LogP contribution in [0.25, 0.3) is 0 Å². The minimum atomic E-state index is -3.70. The van der Waals surface area contributed by atoms with Crippen LogP contribution in [-0.2, 0) is 20.3 Å². The first-order valence-electron chi connectivity index (χ1n) is 4.74. The Bertz CT molecular complexity index is 541. The summed E-state index contributed by atoms with van der Waals surface area (Å²) in [4.78, 5) is 12.5. The Balaban J connectivity index is 2.52. The summed E-state index contributed by atoms with van der Waals surface area (Å²) in [5.74, 6) is 0. The summed E-state index contributed by atoms with van der Waals surface area (Å²) in [6, 6.07) is 4.61. The van der Waals surface area contributed by atoms with Crippen LogP contribution in [0.1, 0.15) is 12.5 Å². The van der Waals surface area contributed by atoms with Crippen LogP contribution in [0.2, 0.25) is 0 Å². The van der Waals surface area contributed by atoms with Crippen LogP contribution >= 0.6 is 10.7 Å². The SMILES string of the molecule is CC1Cc2cc(S(=O)(=O)Cl)ccc2N1C=O. The summed E-state index contributed by atoms with van der Waals surface area (Å²) in [5.41, 5.74) is 1.59. The number of amides is 1. The molecule has 0 radical (unpaired) electrons. The maximum absolute atomic E-state index is 11.1. The molecule has 0 saturated carbocycles. The Kier molecular flexibility index (Phi) is 2.67. The summed E-state index contributed by atoms with van der Waals surface area (Å²) in [7, 11) is 1.56. The first kappa shape index (κ1) is 11.4. The smallest absolute Gasteiger partial charge is 0.261 e. The molecule has 0 N–H and O–H groups in total. The van der Waals surface area contributed by atoms with E-state index in [4.69, 9.17) is 10.7 Å². The molecule has 2 rings (SSSR count). The average Bonchev–Trinajstić information content (AvgIpc) is 2.50. The van der Waals surface area contributed by atoms with Crippen LogP contribution in [0.5, 0.6) is 0 Å². The molecule has 0 fully saturated rings. The van der Waals surface area contributed by atoms with Gasteiger partial charge in [0, 0.05) is 22.4 Å². The molecule has 1 heterocycles. The molecule has 6 heteroatoms. The van der Waals surface area contributed by atoms with E-state index in [2.05, 4.69) is 0 Å². The fraction of sp³-hybridized carbons (Fsp3) is 0.300. The fourth-order valence-electron chi connectivity index (χ4n) is 1.94. The third-order valence-corrected chi connectivity index (χ3v) is 4.07. The largest absolute Gasteiger partial charge is 0.312 e. The minimum Gasteiger partial charge on any atom is -0.312 e. The summed E-state index contributed by atoms with van der Waals surface area (Å²) >= 11 is 0. The maximum atomic E-state index is 11.1. The molecule has 0 aliphatic carbocycles. The number of hydrogen-bond donors (Lipinski definition) is 0. The Morgan fingerprint density at radius 3 is 2.75 bits per heavy atom. The van der Waals surface area contributed by atoms with Gasteiger partial charge in [-0.15, -0.1) is 0 Å². The van der Waals surface area contributed by atoms with Gasteiger partial charge in [0.15, 0.2) is 0 Å². The van der Waals surface area contributed by atoms with Gasteiger partial charge in [0.25, 0.3) is 9.05 Å². The second-order valence-electron chi connectivity index (χ2n) is 3.79. The quantitative estimate of drug-likeness (QED) is 0.598. The van der Waals surface area contributed by atoms with E-state index < -0.39 is 9.05 Å². The lowest BCUT2D eigenvalue weighted by molar-refractivity contribution is -0.107. The first-order chi connectivity index (χ1) is 7.43. The highest BCUT2D eigenvalue weighted by molar-refractivity contribution is 8.13. The predicted octanol–water partition coefficient (Wildman–Crippen LogP) is 1.52. The molecule has 1 amide bonds. The molecule has 16 heavy (non-hydrogen) atoms. The van der Waals surface area contributed by atoms with E-state index in [0.29, 0.717) is 6.42 Å². The number of fused-ring (bicyclic) bond motifs is 1. The predicted molar refractivity (Wildman–Crippen MR) is 61.2 cm³/mol. The van der Waals surface area contributed by atoms with E-state index in [9.17, 15) is 13.2 Å². The van der Waals surface area contributed by atoms with Crippen LogP contribution in [0.3, 0.4) is 0 Å². The van der Waals surface area contributed by atoms with Crippen LogP contribution in [0, 0.1) is 0 Å². The Morgan fingerprint density at radius 1 is 1.50 bits per heavy atom. The van der Waals surface area contributed by atoms with E-state index in [1.807, 2.05) is 6.92 Å². The minimum absolute atomic E-state index is 0.0563. The lowest BCUT2D eigenvalue weighted by atomic mass is 10.1. The normalized spacial score (nSPS) is 19.6. The highest BCUT2D eigenvalue weighted by Gasteiger charge is 2.26. The molecule has 1 aliphatic heterocycles. The van der Waals surface area contributed by atoms with Crippen molar-refractivity contribution in [2.45, 2.75) is 24.3 Å². The maximum Gasteiger partial charge on any atom is 0.261 e. The van der Waals surface area contributed by atoms with Crippen molar-refractivity contribution in [3.8, 4) is 0 Å². The third kappa shape index (κ3) is 1.81. The number of nitrogens with zero attached hydrogens (tertiary/aromatic N) is 1. The molecule has 86 valence electrons. The number of benzene rings is 1. The number of carbonyl (C=O) groups excluding carboxylic acids is 1. The summed E-state index contributed by atoms with van der Waals surface area (Å²) in [6.07, 6.45) is 1.40. The van der Waals surface area contributed by atoms with Gasteiger partial charge in [-0.25, -0.2) is 8.42 Å². The molecule has 0 bridgehead atoms. The van der Waals surface area contributed by atoms with E-state index in [1.165, 1.54) is 12.1 Å². The average molecular weight is 260 g/mol. The van der Waals surface area contributed by atoms with Crippen molar-refractivity contribution >= 4 is 31.8 Å². The second-order valence-corrected chi connectivity index (χ2v) is 6.36. The van der Waals surface area contributed by atoms with Crippen LogP contribution in [0.4, 0.5) is 5.69 Å². The van der Waals surface area contributed by atoms with Crippen molar-refractivity contribution < 1.29 is 13.2 Å². The molecule has 0 aromatic heterocycles. The van der Waals surface area contributed by atoms with E-state index in [1.54, 1.807) is 11.0 Å². The number of carbonyl (C=O) groups is 1. The van der Waals surface area contributed by atoms with Crippen molar-refractivity contribution in [2.75, 3.05) is 4.90 Å². The highest BCUT2D eigenvalue weighted by atomic mass is 35.7. The molecule has 1 aromatic carbocycles. The van der Waals surface area contributed by atoms with E-state index in [0.717, 1.165) is 17.7 Å². The van der Waals surface area contributed by atoms with Gasteiger partial charge in [0.2, 0.25) is 6.41 Å². The topological polar surface area (TPSA) is 54.5 Å². The van der Waals surface area contributed by atoms with Gasteiger partial charge in [0.1, 0.15) is 0 Å². The van der Waals surface area contributed by atoms with E-state index >= 15 is 0 Å². The zero-order valence-electron chi connectivity index (χ0n) is 8.55. The zero-order valence-corrected chi connectivity index (χ0v) is 10.1. The third-order valence-electron chi connectivity index (χ3n) is 2.71. The lowest BCUT2D eigenvalue weighted by Gasteiger charge is -2.15. The Labute approximate surface area is 98.2 Å². The molecule has 1 atom stereocenters. The van der Waals surface area contributed by atoms with Crippen molar-refractivity contribution in [1.82, 2.24) is 0 Å². The molecular formula is C10H10ClNO3S. The van der Waals surface area contributed by atoms with Gasteiger partial charge >= 0.3 is 0 Å². The van der Waals surface area contributed by atoms with Crippen molar-refractivity contribution in [2.24, 2.45) is 0 Å².